The lowest BCUT2D eigenvalue weighted by Gasteiger charge is -2.33. The van der Waals surface area contributed by atoms with Gasteiger partial charge in [0.05, 0.1) is 5.52 Å². The minimum Gasteiger partial charge on any atom is -0.353 e. The molecular weight excluding hydrogens is 339 g/mol. The van der Waals surface area contributed by atoms with Gasteiger partial charge >= 0.3 is 0 Å². The van der Waals surface area contributed by atoms with E-state index < -0.39 is 0 Å². The van der Waals surface area contributed by atoms with Gasteiger partial charge in [0.1, 0.15) is 12.1 Å². The fraction of sp³-hybridized carbons (Fsp3) is 0.385. The zero-order valence-corrected chi connectivity index (χ0v) is 12.5. The third-order valence-corrected chi connectivity index (χ3v) is 4.05. The van der Waals surface area contributed by atoms with Crippen LogP contribution in [0.4, 0.5) is 5.82 Å². The van der Waals surface area contributed by atoms with E-state index in [0.29, 0.717) is 0 Å². The van der Waals surface area contributed by atoms with Gasteiger partial charge in [0, 0.05) is 35.1 Å². The molecule has 18 heavy (non-hydrogen) atoms. The number of nitrogens with zero attached hydrogens (tertiary/aromatic N) is 4. The van der Waals surface area contributed by atoms with Gasteiger partial charge in [-0.25, -0.2) is 9.97 Å². The molecule has 4 nitrogen and oxygen atoms in total. The van der Waals surface area contributed by atoms with Gasteiger partial charge in [0.2, 0.25) is 0 Å². The highest BCUT2D eigenvalue weighted by atomic mass is 127. The van der Waals surface area contributed by atoms with Gasteiger partial charge in [-0.15, -0.1) is 0 Å². The third-order valence-electron chi connectivity index (χ3n) is 3.38. The van der Waals surface area contributed by atoms with E-state index in [1.807, 2.05) is 0 Å². The molecular formula is C13H15IN4. The van der Waals surface area contributed by atoms with Gasteiger partial charge in [0.25, 0.3) is 0 Å². The Morgan fingerprint density at radius 2 is 1.89 bits per heavy atom. The van der Waals surface area contributed by atoms with E-state index in [9.17, 15) is 0 Å². The van der Waals surface area contributed by atoms with Crippen LogP contribution in [0.15, 0.2) is 24.5 Å². The number of likely N-dealkylation sites (N-methyl/N-ethyl adjacent to an activating group) is 1. The van der Waals surface area contributed by atoms with Crippen molar-refractivity contribution in [3.05, 3.63) is 28.1 Å². The van der Waals surface area contributed by atoms with Crippen LogP contribution in [0.3, 0.4) is 0 Å². The van der Waals surface area contributed by atoms with Gasteiger partial charge in [0.15, 0.2) is 0 Å². The first kappa shape index (κ1) is 12.1. The first-order valence-electron chi connectivity index (χ1n) is 6.08. The summed E-state index contributed by atoms with van der Waals surface area (Å²) in [6, 6.07) is 6.32. The van der Waals surface area contributed by atoms with Crippen molar-refractivity contribution in [3.8, 4) is 0 Å². The molecule has 0 bridgehead atoms. The number of aromatic nitrogens is 2. The van der Waals surface area contributed by atoms with Gasteiger partial charge < -0.3 is 9.80 Å². The Morgan fingerprint density at radius 1 is 1.11 bits per heavy atom. The first-order valence-corrected chi connectivity index (χ1v) is 7.16. The lowest BCUT2D eigenvalue weighted by Crippen LogP contribution is -2.44. The van der Waals surface area contributed by atoms with Crippen molar-refractivity contribution < 1.29 is 0 Å². The second-order valence-electron chi connectivity index (χ2n) is 4.65. The maximum absolute atomic E-state index is 4.49. The minimum absolute atomic E-state index is 1.03. The molecule has 0 aliphatic carbocycles. The molecule has 1 aromatic carbocycles. The molecule has 1 fully saturated rings. The Kier molecular flexibility index (Phi) is 3.34. The molecule has 0 unspecified atom stereocenters. The summed E-state index contributed by atoms with van der Waals surface area (Å²) in [6.45, 7) is 4.26. The highest BCUT2D eigenvalue weighted by Gasteiger charge is 2.17. The summed E-state index contributed by atoms with van der Waals surface area (Å²) in [5.41, 5.74) is 1.03. The highest BCUT2D eigenvalue weighted by Crippen LogP contribution is 2.25. The number of rotatable bonds is 1. The van der Waals surface area contributed by atoms with Gasteiger partial charge in [-0.3, -0.25) is 0 Å². The molecule has 1 aliphatic heterocycles. The van der Waals surface area contributed by atoms with Crippen LogP contribution in [-0.4, -0.2) is 48.1 Å². The van der Waals surface area contributed by atoms with Crippen molar-refractivity contribution in [2.24, 2.45) is 0 Å². The second-order valence-corrected chi connectivity index (χ2v) is 5.89. The Bertz CT molecular complexity index is 564. The molecule has 1 aliphatic rings. The lowest BCUT2D eigenvalue weighted by atomic mass is 10.2. The number of hydrogen-bond acceptors (Lipinski definition) is 4. The predicted octanol–water partition coefficient (Wildman–Crippen LogP) is 1.99. The molecule has 1 saturated heterocycles. The van der Waals surface area contributed by atoms with Crippen LogP contribution in [0.25, 0.3) is 10.9 Å². The standard InChI is InChI=1S/C13H15IN4/c1-17-4-6-18(7-5-17)13-11-8-10(14)2-3-12(11)15-9-16-13/h2-3,8-9H,4-7H2,1H3. The van der Waals surface area contributed by atoms with Crippen LogP contribution >= 0.6 is 22.6 Å². The summed E-state index contributed by atoms with van der Waals surface area (Å²) < 4.78 is 1.23. The SMILES string of the molecule is CN1CCN(c2ncnc3ccc(I)cc23)CC1. The first-order chi connectivity index (χ1) is 8.74. The van der Waals surface area contributed by atoms with Crippen molar-refractivity contribution in [1.29, 1.82) is 0 Å². The average Bonchev–Trinajstić information content (AvgIpc) is 2.39. The fourth-order valence-corrected chi connectivity index (χ4v) is 2.78. The predicted molar refractivity (Wildman–Crippen MR) is 82.0 cm³/mol. The smallest absolute Gasteiger partial charge is 0.140 e. The fourth-order valence-electron chi connectivity index (χ4n) is 2.29. The van der Waals surface area contributed by atoms with Crippen LogP contribution < -0.4 is 4.90 Å². The summed E-state index contributed by atoms with van der Waals surface area (Å²) in [4.78, 5) is 13.5. The monoisotopic (exact) mass is 354 g/mol. The molecule has 2 heterocycles. The molecule has 3 rings (SSSR count). The molecule has 0 spiro atoms. The summed E-state index contributed by atoms with van der Waals surface area (Å²) in [5, 5.41) is 1.16. The molecule has 1 aromatic heterocycles. The Balaban J connectivity index is 2.03. The van der Waals surface area contributed by atoms with Gasteiger partial charge in [-0.1, -0.05) is 0 Å². The maximum Gasteiger partial charge on any atom is 0.140 e. The molecule has 0 amide bonds. The summed E-state index contributed by atoms with van der Waals surface area (Å²) in [6.07, 6.45) is 1.67. The zero-order chi connectivity index (χ0) is 12.5. The molecule has 0 N–H and O–H groups in total. The normalized spacial score (nSPS) is 17.3. The van der Waals surface area contributed by atoms with Crippen molar-refractivity contribution in [3.63, 3.8) is 0 Å². The van der Waals surface area contributed by atoms with Crippen molar-refractivity contribution in [2.45, 2.75) is 0 Å². The second kappa shape index (κ2) is 4.97. The Labute approximate surface area is 120 Å². The van der Waals surface area contributed by atoms with Crippen LogP contribution in [0.2, 0.25) is 0 Å². The average molecular weight is 354 g/mol. The van der Waals surface area contributed by atoms with Gasteiger partial charge in [-0.2, -0.15) is 0 Å². The van der Waals surface area contributed by atoms with E-state index in [2.05, 4.69) is 67.6 Å². The van der Waals surface area contributed by atoms with Crippen molar-refractivity contribution in [1.82, 2.24) is 14.9 Å². The summed E-state index contributed by atoms with van der Waals surface area (Å²) >= 11 is 2.34. The van der Waals surface area contributed by atoms with Crippen LogP contribution in [0, 0.1) is 3.57 Å². The third kappa shape index (κ3) is 2.29. The quantitative estimate of drug-likeness (QED) is 0.734. The van der Waals surface area contributed by atoms with E-state index in [1.165, 1.54) is 3.57 Å². The van der Waals surface area contributed by atoms with Crippen LogP contribution in [0.1, 0.15) is 0 Å². The lowest BCUT2D eigenvalue weighted by molar-refractivity contribution is 0.312. The van der Waals surface area contributed by atoms with E-state index in [4.69, 9.17) is 0 Å². The molecule has 0 saturated carbocycles. The van der Waals surface area contributed by atoms with Gasteiger partial charge in [-0.05, 0) is 47.8 Å². The molecule has 5 heteroatoms. The number of hydrogen-bond donors (Lipinski definition) is 0. The summed E-state index contributed by atoms with van der Waals surface area (Å²) in [7, 11) is 2.17. The largest absolute Gasteiger partial charge is 0.353 e. The van der Waals surface area contributed by atoms with Crippen molar-refractivity contribution in [2.75, 3.05) is 38.1 Å². The Morgan fingerprint density at radius 3 is 2.67 bits per heavy atom. The van der Waals surface area contributed by atoms with E-state index in [1.54, 1.807) is 6.33 Å². The number of piperazine rings is 1. The zero-order valence-electron chi connectivity index (χ0n) is 10.3. The minimum atomic E-state index is 1.03. The number of halogens is 1. The van der Waals surface area contributed by atoms with E-state index in [0.717, 1.165) is 42.9 Å². The topological polar surface area (TPSA) is 32.3 Å². The van der Waals surface area contributed by atoms with Crippen molar-refractivity contribution >= 4 is 39.3 Å². The molecule has 0 radical (unpaired) electrons. The van der Waals surface area contributed by atoms with Crippen LogP contribution in [-0.2, 0) is 0 Å². The van der Waals surface area contributed by atoms with Crippen LogP contribution in [0.5, 0.6) is 0 Å². The molecule has 94 valence electrons. The molecule has 0 atom stereocenters. The summed E-state index contributed by atoms with van der Waals surface area (Å²) in [5.74, 6) is 1.08. The molecule has 2 aromatic rings. The number of benzene rings is 1. The Hall–Kier alpha value is -0.950. The van der Waals surface area contributed by atoms with E-state index in [-0.39, 0.29) is 0 Å². The van der Waals surface area contributed by atoms with E-state index >= 15 is 0 Å². The number of anilines is 1. The highest BCUT2D eigenvalue weighted by molar-refractivity contribution is 14.1. The maximum atomic E-state index is 4.49. The number of fused-ring (bicyclic) bond motifs is 1.